The lowest BCUT2D eigenvalue weighted by molar-refractivity contribution is 0.0696. The van der Waals surface area contributed by atoms with E-state index in [-0.39, 0.29) is 23.0 Å². The van der Waals surface area contributed by atoms with Gasteiger partial charge in [0.15, 0.2) is 0 Å². The molecule has 136 valence electrons. The lowest BCUT2D eigenvalue weighted by Gasteiger charge is -2.17. The molecular formula is C16H26N2O5S. The van der Waals surface area contributed by atoms with Crippen LogP contribution < -0.4 is 10.0 Å². The van der Waals surface area contributed by atoms with Gasteiger partial charge < -0.3 is 15.2 Å². The zero-order valence-corrected chi connectivity index (χ0v) is 15.1. The minimum atomic E-state index is -3.82. The van der Waals surface area contributed by atoms with Crippen molar-refractivity contribution in [3.63, 3.8) is 0 Å². The quantitative estimate of drug-likeness (QED) is 0.524. The molecule has 1 aromatic rings. The van der Waals surface area contributed by atoms with Crippen LogP contribution in [0.2, 0.25) is 0 Å². The molecule has 24 heavy (non-hydrogen) atoms. The van der Waals surface area contributed by atoms with Crippen molar-refractivity contribution in [1.29, 1.82) is 0 Å². The molecule has 0 spiro atoms. The average molecular weight is 358 g/mol. The van der Waals surface area contributed by atoms with Gasteiger partial charge in [-0.25, -0.2) is 17.9 Å². The fraction of sp³-hybridized carbons (Fsp3) is 0.562. The molecule has 0 amide bonds. The number of carboxylic acids is 1. The first-order valence-electron chi connectivity index (χ1n) is 8.03. The Bertz CT molecular complexity index is 646. The van der Waals surface area contributed by atoms with Crippen LogP contribution in [0.3, 0.4) is 0 Å². The summed E-state index contributed by atoms with van der Waals surface area (Å²) in [4.78, 5) is 11.1. The number of benzene rings is 1. The number of rotatable bonds is 11. The van der Waals surface area contributed by atoms with Gasteiger partial charge >= 0.3 is 5.97 Å². The summed E-state index contributed by atoms with van der Waals surface area (Å²) < 4.78 is 32.8. The predicted molar refractivity (Wildman–Crippen MR) is 93.1 cm³/mol. The van der Waals surface area contributed by atoms with E-state index in [9.17, 15) is 13.2 Å². The van der Waals surface area contributed by atoms with E-state index in [0.717, 1.165) is 6.42 Å². The summed E-state index contributed by atoms with van der Waals surface area (Å²) in [6.07, 6.45) is 1.35. The molecule has 8 heteroatoms. The van der Waals surface area contributed by atoms with Gasteiger partial charge in [-0.2, -0.15) is 0 Å². The molecule has 0 saturated carbocycles. The molecule has 0 fully saturated rings. The number of carboxylic acid groups (broad SMARTS) is 1. The number of sulfonamides is 1. The van der Waals surface area contributed by atoms with E-state index >= 15 is 0 Å². The van der Waals surface area contributed by atoms with Gasteiger partial charge in [0, 0.05) is 25.8 Å². The first-order chi connectivity index (χ1) is 11.3. The Balaban J connectivity index is 3.02. The van der Waals surface area contributed by atoms with Crippen molar-refractivity contribution >= 4 is 21.7 Å². The van der Waals surface area contributed by atoms with Crippen LogP contribution in [0.5, 0.6) is 0 Å². The fourth-order valence-electron chi connectivity index (χ4n) is 1.97. The predicted octanol–water partition coefficient (Wildman–Crippen LogP) is 2.30. The summed E-state index contributed by atoms with van der Waals surface area (Å²) in [5, 5.41) is 12.2. The second-order valence-corrected chi connectivity index (χ2v) is 7.15. The van der Waals surface area contributed by atoms with Crippen LogP contribution in [0.25, 0.3) is 0 Å². The SMILES string of the molecule is CCOCCCNS(=O)(=O)c1cc(C(=O)O)ccc1N[C@H](C)CC. The van der Waals surface area contributed by atoms with Crippen molar-refractivity contribution < 1.29 is 23.1 Å². The molecule has 1 atom stereocenters. The monoisotopic (exact) mass is 358 g/mol. The fourth-order valence-corrected chi connectivity index (χ4v) is 3.23. The van der Waals surface area contributed by atoms with Crippen LogP contribution >= 0.6 is 0 Å². The van der Waals surface area contributed by atoms with Crippen LogP contribution in [-0.4, -0.2) is 45.3 Å². The van der Waals surface area contributed by atoms with Crippen LogP contribution in [0.4, 0.5) is 5.69 Å². The maximum absolute atomic E-state index is 12.5. The van der Waals surface area contributed by atoms with E-state index in [0.29, 0.717) is 25.3 Å². The molecule has 0 aromatic heterocycles. The number of nitrogens with one attached hydrogen (secondary N) is 2. The first kappa shape index (κ1) is 20.4. The van der Waals surface area contributed by atoms with E-state index in [1.54, 1.807) is 0 Å². The van der Waals surface area contributed by atoms with Gasteiger partial charge in [-0.15, -0.1) is 0 Å². The highest BCUT2D eigenvalue weighted by molar-refractivity contribution is 7.89. The Morgan fingerprint density at radius 3 is 2.62 bits per heavy atom. The molecule has 0 unspecified atom stereocenters. The highest BCUT2D eigenvalue weighted by atomic mass is 32.2. The van der Waals surface area contributed by atoms with Gasteiger partial charge in [0.05, 0.1) is 11.3 Å². The van der Waals surface area contributed by atoms with Crippen molar-refractivity contribution in [2.75, 3.05) is 25.1 Å². The van der Waals surface area contributed by atoms with Crippen molar-refractivity contribution in [2.24, 2.45) is 0 Å². The van der Waals surface area contributed by atoms with Crippen molar-refractivity contribution in [3.05, 3.63) is 23.8 Å². The van der Waals surface area contributed by atoms with Gasteiger partial charge in [-0.3, -0.25) is 0 Å². The molecule has 0 saturated heterocycles. The zero-order valence-electron chi connectivity index (χ0n) is 14.3. The van der Waals surface area contributed by atoms with Gasteiger partial charge in [-0.1, -0.05) is 6.92 Å². The number of ether oxygens (including phenoxy) is 1. The highest BCUT2D eigenvalue weighted by Crippen LogP contribution is 2.24. The maximum atomic E-state index is 12.5. The molecular weight excluding hydrogens is 332 g/mol. The molecule has 0 aliphatic heterocycles. The van der Waals surface area contributed by atoms with Crippen LogP contribution in [-0.2, 0) is 14.8 Å². The summed E-state index contributed by atoms with van der Waals surface area (Å²) in [7, 11) is -3.82. The smallest absolute Gasteiger partial charge is 0.335 e. The third kappa shape index (κ3) is 6.10. The number of carbonyl (C=O) groups is 1. The van der Waals surface area contributed by atoms with E-state index in [2.05, 4.69) is 10.0 Å². The van der Waals surface area contributed by atoms with Crippen LogP contribution in [0, 0.1) is 0 Å². The molecule has 0 aliphatic carbocycles. The second-order valence-electron chi connectivity index (χ2n) is 5.42. The Morgan fingerprint density at radius 2 is 2.04 bits per heavy atom. The number of hydrogen-bond acceptors (Lipinski definition) is 5. The lowest BCUT2D eigenvalue weighted by Crippen LogP contribution is -2.27. The molecule has 3 N–H and O–H groups in total. The largest absolute Gasteiger partial charge is 0.478 e. The second kappa shape index (κ2) is 9.61. The van der Waals surface area contributed by atoms with Crippen LogP contribution in [0.15, 0.2) is 23.1 Å². The lowest BCUT2D eigenvalue weighted by atomic mass is 10.2. The Labute approximate surface area is 143 Å². The normalized spacial score (nSPS) is 12.8. The number of anilines is 1. The number of hydrogen-bond donors (Lipinski definition) is 3. The van der Waals surface area contributed by atoms with Crippen LogP contribution in [0.1, 0.15) is 44.0 Å². The Morgan fingerprint density at radius 1 is 1.33 bits per heavy atom. The van der Waals surface area contributed by atoms with Gasteiger partial charge in [0.25, 0.3) is 0 Å². The van der Waals surface area contributed by atoms with Crippen molar-refractivity contribution in [3.8, 4) is 0 Å². The third-order valence-electron chi connectivity index (χ3n) is 3.49. The van der Waals surface area contributed by atoms with E-state index in [1.165, 1.54) is 18.2 Å². The maximum Gasteiger partial charge on any atom is 0.335 e. The molecule has 0 radical (unpaired) electrons. The minimum absolute atomic E-state index is 0.0564. The van der Waals surface area contributed by atoms with Gasteiger partial charge in [-0.05, 0) is 44.9 Å². The summed E-state index contributed by atoms with van der Waals surface area (Å²) in [5.74, 6) is -1.17. The minimum Gasteiger partial charge on any atom is -0.478 e. The third-order valence-corrected chi connectivity index (χ3v) is 4.99. The summed E-state index contributed by atoms with van der Waals surface area (Å²) in [6, 6.07) is 4.12. The van der Waals surface area contributed by atoms with Crippen molar-refractivity contribution in [2.45, 2.75) is 44.6 Å². The molecule has 0 heterocycles. The highest BCUT2D eigenvalue weighted by Gasteiger charge is 2.21. The summed E-state index contributed by atoms with van der Waals surface area (Å²) in [6.45, 7) is 7.04. The van der Waals surface area contributed by atoms with Gasteiger partial charge in [0.2, 0.25) is 10.0 Å². The average Bonchev–Trinajstić information content (AvgIpc) is 2.54. The zero-order chi connectivity index (χ0) is 18.2. The molecule has 0 bridgehead atoms. The number of aromatic carboxylic acids is 1. The molecule has 1 rings (SSSR count). The molecule has 1 aromatic carbocycles. The standard InChI is InChI=1S/C16H26N2O5S/c1-4-12(3)18-14-8-7-13(16(19)20)11-15(14)24(21,22)17-9-6-10-23-5-2/h7-8,11-12,17-18H,4-6,9-10H2,1-3H3,(H,19,20)/t12-/m1/s1. The topological polar surface area (TPSA) is 105 Å². The van der Waals surface area contributed by atoms with E-state index in [1.807, 2.05) is 20.8 Å². The summed E-state index contributed by atoms with van der Waals surface area (Å²) in [5.41, 5.74) is 0.325. The van der Waals surface area contributed by atoms with E-state index < -0.39 is 16.0 Å². The Hall–Kier alpha value is -1.64. The van der Waals surface area contributed by atoms with Gasteiger partial charge in [0.1, 0.15) is 4.90 Å². The molecule has 7 nitrogen and oxygen atoms in total. The molecule has 0 aliphatic rings. The first-order valence-corrected chi connectivity index (χ1v) is 9.51. The summed E-state index contributed by atoms with van der Waals surface area (Å²) >= 11 is 0. The van der Waals surface area contributed by atoms with Crippen molar-refractivity contribution in [1.82, 2.24) is 4.72 Å². The Kier molecular flexibility index (Phi) is 8.17. The van der Waals surface area contributed by atoms with E-state index in [4.69, 9.17) is 9.84 Å².